The molecule has 1 aromatic rings. The summed E-state index contributed by atoms with van der Waals surface area (Å²) in [6.07, 6.45) is 8.46. The summed E-state index contributed by atoms with van der Waals surface area (Å²) in [5.41, 5.74) is 1.50. The molecule has 152 valence electrons. The van der Waals surface area contributed by atoms with Gasteiger partial charge in [0, 0.05) is 26.7 Å². The van der Waals surface area contributed by atoms with Crippen molar-refractivity contribution in [3.05, 3.63) is 17.7 Å². The number of nitrogens with one attached hydrogen (secondary N) is 2. The van der Waals surface area contributed by atoms with Crippen molar-refractivity contribution in [2.24, 2.45) is 5.92 Å². The maximum atomic E-state index is 10.7. The number of phenolic OH excluding ortho intramolecular Hbond substituents is 1. The number of nitrogens with zero attached hydrogens (tertiary/aromatic N) is 1. The lowest BCUT2D eigenvalue weighted by molar-refractivity contribution is -0.109. The molecule has 0 aliphatic heterocycles. The van der Waals surface area contributed by atoms with Crippen LogP contribution in [0.15, 0.2) is 12.1 Å². The molecule has 1 saturated carbocycles. The third kappa shape index (κ3) is 7.03. The van der Waals surface area contributed by atoms with E-state index in [1.807, 2.05) is 6.07 Å². The molecule has 3 N–H and O–H groups in total. The van der Waals surface area contributed by atoms with Crippen molar-refractivity contribution in [1.82, 2.24) is 10.2 Å². The molecule has 0 heterocycles. The quantitative estimate of drug-likeness (QED) is 0.295. The monoisotopic (exact) mass is 377 g/mol. The molecule has 1 aliphatic carbocycles. The normalized spacial score (nSPS) is 15.1. The predicted octanol–water partition coefficient (Wildman–Crippen LogP) is 2.66. The van der Waals surface area contributed by atoms with Gasteiger partial charge in [-0.2, -0.15) is 0 Å². The molecule has 0 atom stereocenters. The van der Waals surface area contributed by atoms with Crippen LogP contribution in [-0.2, 0) is 11.2 Å². The second kappa shape index (κ2) is 11.8. The van der Waals surface area contributed by atoms with E-state index < -0.39 is 0 Å². The number of likely N-dealkylation sites (N-methyl/N-ethyl adjacent to an activating group) is 1. The first-order chi connectivity index (χ1) is 13.2. The van der Waals surface area contributed by atoms with Gasteiger partial charge in [0.25, 0.3) is 0 Å². The Morgan fingerprint density at radius 3 is 2.74 bits per heavy atom. The average Bonchev–Trinajstić information content (AvgIpc) is 2.68. The largest absolute Gasteiger partial charge is 0.506 e. The average molecular weight is 378 g/mol. The molecule has 0 radical (unpaired) electrons. The molecule has 0 aromatic heterocycles. The molecular formula is C21H35N3O3. The van der Waals surface area contributed by atoms with Crippen LogP contribution < -0.4 is 15.4 Å². The van der Waals surface area contributed by atoms with Crippen LogP contribution in [0.1, 0.15) is 37.7 Å². The van der Waals surface area contributed by atoms with Crippen LogP contribution in [0.3, 0.4) is 0 Å². The first-order valence-electron chi connectivity index (χ1n) is 10.1. The molecule has 0 bridgehead atoms. The first-order valence-corrected chi connectivity index (χ1v) is 10.1. The zero-order valence-corrected chi connectivity index (χ0v) is 16.8. The molecule has 0 unspecified atom stereocenters. The van der Waals surface area contributed by atoms with E-state index in [9.17, 15) is 9.90 Å². The van der Waals surface area contributed by atoms with Crippen molar-refractivity contribution in [1.29, 1.82) is 0 Å². The van der Waals surface area contributed by atoms with Crippen LogP contribution in [0.5, 0.6) is 11.5 Å². The summed E-state index contributed by atoms with van der Waals surface area (Å²) in [7, 11) is 3.94. The van der Waals surface area contributed by atoms with Crippen LogP contribution >= 0.6 is 0 Å². The van der Waals surface area contributed by atoms with Crippen molar-refractivity contribution in [3.8, 4) is 11.5 Å². The second-order valence-corrected chi connectivity index (χ2v) is 7.44. The van der Waals surface area contributed by atoms with E-state index in [-0.39, 0.29) is 12.4 Å². The van der Waals surface area contributed by atoms with Crippen molar-refractivity contribution >= 4 is 12.0 Å². The van der Waals surface area contributed by atoms with E-state index in [1.165, 1.54) is 38.6 Å². The van der Waals surface area contributed by atoms with Gasteiger partial charge in [0.15, 0.2) is 6.29 Å². The SMILES string of the molecule is CNc1c(O)ccc(CCNCCN(C)CC2CCCCC2)c1OCC=O. The highest BCUT2D eigenvalue weighted by molar-refractivity contribution is 5.69. The van der Waals surface area contributed by atoms with Gasteiger partial charge >= 0.3 is 0 Å². The number of hydrogen-bond acceptors (Lipinski definition) is 6. The van der Waals surface area contributed by atoms with E-state index in [4.69, 9.17) is 4.74 Å². The van der Waals surface area contributed by atoms with Gasteiger partial charge in [-0.3, -0.25) is 4.79 Å². The summed E-state index contributed by atoms with van der Waals surface area (Å²) in [6, 6.07) is 3.51. The van der Waals surface area contributed by atoms with E-state index in [2.05, 4.69) is 22.6 Å². The number of aromatic hydroxyl groups is 1. The summed E-state index contributed by atoms with van der Waals surface area (Å²) in [5, 5.41) is 16.4. The van der Waals surface area contributed by atoms with Crippen molar-refractivity contribution < 1.29 is 14.6 Å². The fourth-order valence-electron chi connectivity index (χ4n) is 3.86. The van der Waals surface area contributed by atoms with Crippen molar-refractivity contribution in [2.75, 3.05) is 52.2 Å². The number of ether oxygens (including phenoxy) is 1. The summed E-state index contributed by atoms with van der Waals surface area (Å²) in [4.78, 5) is 13.1. The molecule has 6 nitrogen and oxygen atoms in total. The summed E-state index contributed by atoms with van der Waals surface area (Å²) in [6.45, 7) is 4.00. The molecule has 2 rings (SSSR count). The Hall–Kier alpha value is -1.79. The van der Waals surface area contributed by atoms with Gasteiger partial charge in [-0.1, -0.05) is 25.3 Å². The highest BCUT2D eigenvalue weighted by Crippen LogP contribution is 2.36. The number of rotatable bonds is 12. The van der Waals surface area contributed by atoms with E-state index in [0.717, 1.165) is 37.5 Å². The van der Waals surface area contributed by atoms with Crippen molar-refractivity contribution in [3.63, 3.8) is 0 Å². The highest BCUT2D eigenvalue weighted by Gasteiger charge is 2.15. The Morgan fingerprint density at radius 2 is 2.04 bits per heavy atom. The topological polar surface area (TPSA) is 73.8 Å². The molecule has 0 amide bonds. The number of carbonyl (C=O) groups excluding carboxylic acids is 1. The number of phenols is 1. The third-order valence-corrected chi connectivity index (χ3v) is 5.30. The molecule has 6 heteroatoms. The minimum absolute atomic E-state index is 0.0233. The van der Waals surface area contributed by atoms with Gasteiger partial charge in [-0.05, 0) is 50.4 Å². The van der Waals surface area contributed by atoms with E-state index in [1.54, 1.807) is 13.1 Å². The second-order valence-electron chi connectivity index (χ2n) is 7.44. The maximum Gasteiger partial charge on any atom is 0.157 e. The minimum Gasteiger partial charge on any atom is -0.506 e. The Kier molecular flexibility index (Phi) is 9.42. The zero-order chi connectivity index (χ0) is 19.5. The van der Waals surface area contributed by atoms with E-state index in [0.29, 0.717) is 17.7 Å². The van der Waals surface area contributed by atoms with Gasteiger partial charge in [0.1, 0.15) is 23.8 Å². The molecule has 27 heavy (non-hydrogen) atoms. The Morgan fingerprint density at radius 1 is 1.26 bits per heavy atom. The van der Waals surface area contributed by atoms with Gasteiger partial charge in [0.05, 0.1) is 0 Å². The number of benzene rings is 1. The number of anilines is 1. The third-order valence-electron chi connectivity index (χ3n) is 5.30. The standard InChI is InChI=1S/C21H35N3O3/c1-22-20-19(26)9-8-18(21(20)27-15-14-25)10-11-23-12-13-24(2)16-17-6-4-3-5-7-17/h8-9,14,17,22-23,26H,3-7,10-13,15-16H2,1-2H3. The molecule has 0 spiro atoms. The zero-order valence-electron chi connectivity index (χ0n) is 16.8. The van der Waals surface area contributed by atoms with Crippen LogP contribution in [0.25, 0.3) is 0 Å². The number of carbonyl (C=O) groups is 1. The fourth-order valence-corrected chi connectivity index (χ4v) is 3.86. The Labute approximate surface area is 163 Å². The van der Waals surface area contributed by atoms with Crippen LogP contribution in [-0.4, -0.2) is 63.2 Å². The number of hydrogen-bond donors (Lipinski definition) is 3. The van der Waals surface area contributed by atoms with E-state index >= 15 is 0 Å². The lowest BCUT2D eigenvalue weighted by Gasteiger charge is -2.27. The lowest BCUT2D eigenvalue weighted by Crippen LogP contribution is -2.34. The fraction of sp³-hybridized carbons (Fsp3) is 0.667. The van der Waals surface area contributed by atoms with Gasteiger partial charge in [0.2, 0.25) is 0 Å². The lowest BCUT2D eigenvalue weighted by atomic mass is 9.89. The minimum atomic E-state index is -0.0233. The van der Waals surface area contributed by atoms with Crippen molar-refractivity contribution in [2.45, 2.75) is 38.5 Å². The molecule has 1 aromatic carbocycles. The summed E-state index contributed by atoms with van der Waals surface area (Å²) in [5.74, 6) is 1.55. The maximum absolute atomic E-state index is 10.7. The van der Waals surface area contributed by atoms with Gasteiger partial charge in [-0.15, -0.1) is 0 Å². The molecule has 1 fully saturated rings. The Bertz CT molecular complexity index is 574. The highest BCUT2D eigenvalue weighted by atomic mass is 16.5. The van der Waals surface area contributed by atoms with Crippen LogP contribution in [0.2, 0.25) is 0 Å². The molecule has 1 aliphatic rings. The first kappa shape index (κ1) is 21.5. The summed E-state index contributed by atoms with van der Waals surface area (Å²) < 4.78 is 5.54. The van der Waals surface area contributed by atoms with Crippen LogP contribution in [0, 0.1) is 5.92 Å². The molecular weight excluding hydrogens is 342 g/mol. The molecule has 0 saturated heterocycles. The van der Waals surface area contributed by atoms with Gasteiger partial charge < -0.3 is 25.4 Å². The predicted molar refractivity (Wildman–Crippen MR) is 110 cm³/mol. The van der Waals surface area contributed by atoms with Crippen LogP contribution in [0.4, 0.5) is 5.69 Å². The van der Waals surface area contributed by atoms with Gasteiger partial charge in [-0.25, -0.2) is 0 Å². The number of aldehydes is 1. The smallest absolute Gasteiger partial charge is 0.157 e. The summed E-state index contributed by atoms with van der Waals surface area (Å²) >= 11 is 0. The Balaban J connectivity index is 1.75.